The lowest BCUT2D eigenvalue weighted by atomic mass is 10.2. The third kappa shape index (κ3) is 3.28. The van der Waals surface area contributed by atoms with Gasteiger partial charge in [0.25, 0.3) is 0 Å². The largest absolute Gasteiger partial charge is 0.465 e. The Morgan fingerprint density at radius 2 is 2.00 bits per heavy atom. The van der Waals surface area contributed by atoms with Crippen molar-refractivity contribution in [2.75, 3.05) is 46.9 Å². The summed E-state index contributed by atoms with van der Waals surface area (Å²) in [4.78, 5) is 21.0. The number of pyridine rings is 1. The van der Waals surface area contributed by atoms with E-state index in [1.807, 2.05) is 16.7 Å². The van der Waals surface area contributed by atoms with Gasteiger partial charge in [-0.1, -0.05) is 0 Å². The molecule has 0 atom stereocenters. The van der Waals surface area contributed by atoms with Crippen LogP contribution in [0.15, 0.2) is 24.5 Å². The van der Waals surface area contributed by atoms with E-state index in [0.29, 0.717) is 5.56 Å². The summed E-state index contributed by atoms with van der Waals surface area (Å²) >= 11 is 0. The van der Waals surface area contributed by atoms with E-state index < -0.39 is 0 Å². The Labute approximate surface area is 130 Å². The second-order valence-corrected chi connectivity index (χ2v) is 5.80. The van der Waals surface area contributed by atoms with E-state index in [1.165, 1.54) is 7.11 Å². The second kappa shape index (κ2) is 6.46. The Bertz CT molecular complexity index is 659. The van der Waals surface area contributed by atoms with Gasteiger partial charge < -0.3 is 18.9 Å². The maximum absolute atomic E-state index is 11.6. The predicted octanol–water partition coefficient (Wildman–Crippen LogP) is 0.911. The van der Waals surface area contributed by atoms with E-state index in [2.05, 4.69) is 21.8 Å². The quantitative estimate of drug-likeness (QED) is 0.786. The minimum Gasteiger partial charge on any atom is -0.465 e. The fourth-order valence-electron chi connectivity index (χ4n) is 2.75. The summed E-state index contributed by atoms with van der Waals surface area (Å²) in [5.41, 5.74) is 2.46. The normalized spacial score (nSPS) is 17.0. The number of nitrogens with zero attached hydrogens (tertiary/aromatic N) is 4. The average Bonchev–Trinajstić information content (AvgIpc) is 2.95. The molecule has 6 heteroatoms. The van der Waals surface area contributed by atoms with Gasteiger partial charge in [-0.2, -0.15) is 0 Å². The number of piperazine rings is 1. The van der Waals surface area contributed by atoms with Crippen molar-refractivity contribution >= 4 is 11.6 Å². The maximum Gasteiger partial charge on any atom is 0.339 e. The second-order valence-electron chi connectivity index (χ2n) is 5.80. The number of methoxy groups -OCH3 is 1. The lowest BCUT2D eigenvalue weighted by Crippen LogP contribution is -2.45. The van der Waals surface area contributed by atoms with Crippen molar-refractivity contribution in [1.82, 2.24) is 19.2 Å². The average molecular weight is 302 g/mol. The molecule has 3 heterocycles. The third-order valence-electron chi connectivity index (χ3n) is 4.20. The molecule has 0 bridgehead atoms. The number of carbonyl (C=O) groups excluding carboxylic acids is 1. The first-order chi connectivity index (χ1) is 10.7. The highest BCUT2D eigenvalue weighted by Gasteiger charge is 2.14. The van der Waals surface area contributed by atoms with Crippen molar-refractivity contribution < 1.29 is 9.53 Å². The van der Waals surface area contributed by atoms with Crippen LogP contribution in [0.25, 0.3) is 5.65 Å². The van der Waals surface area contributed by atoms with E-state index in [4.69, 9.17) is 4.74 Å². The lowest BCUT2D eigenvalue weighted by molar-refractivity contribution is 0.0600. The molecule has 0 saturated carbocycles. The van der Waals surface area contributed by atoms with E-state index in [0.717, 1.165) is 50.5 Å². The highest BCUT2D eigenvalue weighted by atomic mass is 16.5. The number of carbonyl (C=O) groups is 1. The summed E-state index contributed by atoms with van der Waals surface area (Å²) in [7, 11) is 3.56. The fourth-order valence-corrected chi connectivity index (χ4v) is 2.75. The molecular weight excluding hydrogens is 280 g/mol. The molecule has 1 aliphatic heterocycles. The standard InChI is InChI=1S/C16H22N4O2/c1-18-7-9-19(10-8-18)6-5-14-12-20-11-13(16(21)22-2)3-4-15(20)17-14/h3-4,11-12H,5-10H2,1-2H3. The zero-order valence-corrected chi connectivity index (χ0v) is 13.2. The lowest BCUT2D eigenvalue weighted by Gasteiger charge is -2.32. The van der Waals surface area contributed by atoms with Gasteiger partial charge in [-0.3, -0.25) is 0 Å². The molecule has 1 fully saturated rings. The number of ether oxygens (including phenoxy) is 1. The van der Waals surface area contributed by atoms with Gasteiger partial charge in [0, 0.05) is 51.5 Å². The van der Waals surface area contributed by atoms with Gasteiger partial charge in [0.15, 0.2) is 0 Å². The van der Waals surface area contributed by atoms with Crippen LogP contribution >= 0.6 is 0 Å². The first kappa shape index (κ1) is 15.0. The predicted molar refractivity (Wildman–Crippen MR) is 84.2 cm³/mol. The molecule has 0 aliphatic carbocycles. The molecular formula is C16H22N4O2. The molecule has 2 aromatic heterocycles. The Morgan fingerprint density at radius 1 is 1.23 bits per heavy atom. The molecule has 22 heavy (non-hydrogen) atoms. The van der Waals surface area contributed by atoms with Gasteiger partial charge in [-0.25, -0.2) is 9.78 Å². The number of imidazole rings is 1. The Hall–Kier alpha value is -1.92. The van der Waals surface area contributed by atoms with Crippen LogP contribution in [-0.4, -0.2) is 72.0 Å². The third-order valence-corrected chi connectivity index (χ3v) is 4.20. The zero-order chi connectivity index (χ0) is 15.5. The van der Waals surface area contributed by atoms with Crippen molar-refractivity contribution in [1.29, 1.82) is 0 Å². The molecule has 0 N–H and O–H groups in total. The van der Waals surface area contributed by atoms with Gasteiger partial charge in [0.05, 0.1) is 18.4 Å². The van der Waals surface area contributed by atoms with Crippen LogP contribution in [0.3, 0.4) is 0 Å². The first-order valence-electron chi connectivity index (χ1n) is 7.62. The summed E-state index contributed by atoms with van der Waals surface area (Å²) in [6, 6.07) is 3.60. The number of rotatable bonds is 4. The number of likely N-dealkylation sites (N-methyl/N-ethyl adjacent to an activating group) is 1. The van der Waals surface area contributed by atoms with Crippen molar-refractivity contribution in [3.63, 3.8) is 0 Å². The SMILES string of the molecule is COC(=O)c1ccc2nc(CCN3CCN(C)CC3)cn2c1. The van der Waals surface area contributed by atoms with Crippen LogP contribution in [0.5, 0.6) is 0 Å². The van der Waals surface area contributed by atoms with Crippen molar-refractivity contribution in [2.45, 2.75) is 6.42 Å². The van der Waals surface area contributed by atoms with Crippen molar-refractivity contribution in [3.8, 4) is 0 Å². The smallest absolute Gasteiger partial charge is 0.339 e. The Morgan fingerprint density at radius 3 is 2.73 bits per heavy atom. The van der Waals surface area contributed by atoms with Gasteiger partial charge in [-0.05, 0) is 19.2 Å². The van der Waals surface area contributed by atoms with Gasteiger partial charge in [0.2, 0.25) is 0 Å². The molecule has 0 unspecified atom stereocenters. The Kier molecular flexibility index (Phi) is 4.40. The minimum absolute atomic E-state index is 0.324. The molecule has 3 rings (SSSR count). The molecule has 0 radical (unpaired) electrons. The highest BCUT2D eigenvalue weighted by Crippen LogP contribution is 2.10. The van der Waals surface area contributed by atoms with Gasteiger partial charge in [0.1, 0.15) is 5.65 Å². The highest BCUT2D eigenvalue weighted by molar-refractivity contribution is 5.89. The van der Waals surface area contributed by atoms with E-state index in [1.54, 1.807) is 12.3 Å². The van der Waals surface area contributed by atoms with Gasteiger partial charge in [-0.15, -0.1) is 0 Å². The molecule has 2 aromatic rings. The molecule has 0 amide bonds. The summed E-state index contributed by atoms with van der Waals surface area (Å²) in [6.07, 6.45) is 4.70. The summed E-state index contributed by atoms with van der Waals surface area (Å²) in [6.45, 7) is 5.54. The molecule has 1 aliphatic rings. The topological polar surface area (TPSA) is 50.1 Å². The van der Waals surface area contributed by atoms with E-state index in [9.17, 15) is 4.79 Å². The Balaban J connectivity index is 1.66. The molecule has 0 aromatic carbocycles. The number of hydrogen-bond donors (Lipinski definition) is 0. The summed E-state index contributed by atoms with van der Waals surface area (Å²) < 4.78 is 6.64. The van der Waals surface area contributed by atoms with Crippen LogP contribution in [0, 0.1) is 0 Å². The summed E-state index contributed by atoms with van der Waals surface area (Å²) in [5.74, 6) is -0.324. The van der Waals surface area contributed by atoms with Crippen LogP contribution in [0.1, 0.15) is 16.1 Å². The van der Waals surface area contributed by atoms with Crippen molar-refractivity contribution in [2.24, 2.45) is 0 Å². The molecule has 1 saturated heterocycles. The minimum atomic E-state index is -0.324. The van der Waals surface area contributed by atoms with Crippen LogP contribution < -0.4 is 0 Å². The maximum atomic E-state index is 11.6. The van der Waals surface area contributed by atoms with Crippen LogP contribution in [0.4, 0.5) is 0 Å². The van der Waals surface area contributed by atoms with Gasteiger partial charge >= 0.3 is 5.97 Å². The van der Waals surface area contributed by atoms with E-state index >= 15 is 0 Å². The first-order valence-corrected chi connectivity index (χ1v) is 7.62. The van der Waals surface area contributed by atoms with Crippen molar-refractivity contribution in [3.05, 3.63) is 35.8 Å². The van der Waals surface area contributed by atoms with E-state index in [-0.39, 0.29) is 5.97 Å². The van der Waals surface area contributed by atoms with Crippen LogP contribution in [0.2, 0.25) is 0 Å². The molecule has 0 spiro atoms. The van der Waals surface area contributed by atoms with Crippen LogP contribution in [-0.2, 0) is 11.2 Å². The summed E-state index contributed by atoms with van der Waals surface area (Å²) in [5, 5.41) is 0. The number of fused-ring (bicyclic) bond motifs is 1. The zero-order valence-electron chi connectivity index (χ0n) is 13.2. The fraction of sp³-hybridized carbons (Fsp3) is 0.500. The number of esters is 1. The molecule has 118 valence electrons. The molecule has 6 nitrogen and oxygen atoms in total. The number of aromatic nitrogens is 2. The number of hydrogen-bond acceptors (Lipinski definition) is 5. The monoisotopic (exact) mass is 302 g/mol.